The van der Waals surface area contributed by atoms with Crippen LogP contribution in [0.5, 0.6) is 11.5 Å². The normalized spacial score (nSPS) is 12.4. The van der Waals surface area contributed by atoms with E-state index in [2.05, 4.69) is 22.4 Å². The summed E-state index contributed by atoms with van der Waals surface area (Å²) in [6.45, 7) is 2.40. The number of nitrogens with one attached hydrogen (secondary N) is 1. The third kappa shape index (κ3) is 3.98. The van der Waals surface area contributed by atoms with E-state index in [0.717, 1.165) is 35.6 Å². The van der Waals surface area contributed by atoms with Crippen molar-refractivity contribution in [1.82, 2.24) is 10.2 Å². The van der Waals surface area contributed by atoms with Crippen molar-refractivity contribution < 1.29 is 14.3 Å². The number of fused-ring (bicyclic) bond motifs is 1. The van der Waals surface area contributed by atoms with Crippen LogP contribution in [0, 0.1) is 0 Å². The lowest BCUT2D eigenvalue weighted by Crippen LogP contribution is -2.10. The first kappa shape index (κ1) is 15.7. The van der Waals surface area contributed by atoms with Gasteiger partial charge in [-0.05, 0) is 24.6 Å². The first-order valence-corrected chi connectivity index (χ1v) is 8.61. The van der Waals surface area contributed by atoms with Gasteiger partial charge >= 0.3 is 0 Å². The Hall–Kier alpha value is -2.15. The average molecular weight is 333 g/mol. The summed E-state index contributed by atoms with van der Waals surface area (Å²) in [5.41, 5.74) is 0.898. The molecule has 7 heteroatoms. The Morgan fingerprint density at radius 2 is 2.09 bits per heavy atom. The lowest BCUT2D eigenvalue weighted by Gasteiger charge is -2.00. The van der Waals surface area contributed by atoms with Gasteiger partial charge in [0.1, 0.15) is 5.01 Å². The van der Waals surface area contributed by atoms with Gasteiger partial charge in [0.05, 0.1) is 0 Å². The third-order valence-electron chi connectivity index (χ3n) is 3.55. The molecule has 6 nitrogen and oxygen atoms in total. The minimum Gasteiger partial charge on any atom is -0.454 e. The Morgan fingerprint density at radius 1 is 1.22 bits per heavy atom. The van der Waals surface area contributed by atoms with Crippen molar-refractivity contribution in [2.45, 2.75) is 39.0 Å². The van der Waals surface area contributed by atoms with E-state index in [9.17, 15) is 4.79 Å². The molecule has 0 aliphatic carbocycles. The number of carbonyl (C=O) groups excluding carboxylic acids is 1. The van der Waals surface area contributed by atoms with Crippen LogP contribution in [0.2, 0.25) is 0 Å². The summed E-state index contributed by atoms with van der Waals surface area (Å²) < 4.78 is 10.7. The van der Waals surface area contributed by atoms with E-state index in [1.165, 1.54) is 17.8 Å². The lowest BCUT2D eigenvalue weighted by atomic mass is 10.1. The number of hydrogen-bond acceptors (Lipinski definition) is 6. The van der Waals surface area contributed by atoms with Crippen LogP contribution >= 0.6 is 11.3 Å². The summed E-state index contributed by atoms with van der Waals surface area (Å²) in [5, 5.41) is 12.2. The molecule has 0 radical (unpaired) electrons. The molecule has 1 aromatic heterocycles. The smallest absolute Gasteiger partial charge is 0.231 e. The SMILES string of the molecule is CCCCCCC(=O)Nc1nnc(-c2ccc3c(c2)OCO3)s1. The van der Waals surface area contributed by atoms with Gasteiger partial charge in [-0.15, -0.1) is 10.2 Å². The zero-order valence-corrected chi connectivity index (χ0v) is 13.8. The van der Waals surface area contributed by atoms with Gasteiger partial charge in [0.25, 0.3) is 0 Å². The average Bonchev–Trinajstić information content (AvgIpc) is 3.19. The molecule has 122 valence electrons. The van der Waals surface area contributed by atoms with Gasteiger partial charge < -0.3 is 14.8 Å². The second-order valence-corrected chi connectivity index (χ2v) is 6.32. The van der Waals surface area contributed by atoms with Crippen LogP contribution in [0.15, 0.2) is 18.2 Å². The van der Waals surface area contributed by atoms with Crippen LogP contribution in [0.4, 0.5) is 5.13 Å². The first-order chi connectivity index (χ1) is 11.3. The molecule has 1 amide bonds. The number of nitrogens with zero attached hydrogens (tertiary/aromatic N) is 2. The Morgan fingerprint density at radius 3 is 2.96 bits per heavy atom. The maximum Gasteiger partial charge on any atom is 0.231 e. The predicted octanol–water partition coefficient (Wildman–Crippen LogP) is 3.84. The fraction of sp³-hybridized carbons (Fsp3) is 0.438. The molecular weight excluding hydrogens is 314 g/mol. The van der Waals surface area contributed by atoms with Gasteiger partial charge in [-0.25, -0.2) is 0 Å². The number of aromatic nitrogens is 2. The van der Waals surface area contributed by atoms with Crippen molar-refractivity contribution in [3.63, 3.8) is 0 Å². The van der Waals surface area contributed by atoms with Gasteiger partial charge in [-0.3, -0.25) is 4.79 Å². The van der Waals surface area contributed by atoms with E-state index >= 15 is 0 Å². The fourth-order valence-corrected chi connectivity index (χ4v) is 3.07. The Labute approximate surface area is 138 Å². The number of rotatable bonds is 7. The lowest BCUT2D eigenvalue weighted by molar-refractivity contribution is -0.116. The number of hydrogen-bond donors (Lipinski definition) is 1. The molecule has 1 aromatic carbocycles. The molecular formula is C16H19N3O3S. The van der Waals surface area contributed by atoms with E-state index < -0.39 is 0 Å². The zero-order valence-electron chi connectivity index (χ0n) is 13.0. The van der Waals surface area contributed by atoms with Crippen molar-refractivity contribution in [3.05, 3.63) is 18.2 Å². The summed E-state index contributed by atoms with van der Waals surface area (Å²) >= 11 is 1.35. The van der Waals surface area contributed by atoms with E-state index in [0.29, 0.717) is 17.3 Å². The summed E-state index contributed by atoms with van der Waals surface area (Å²) in [6.07, 6.45) is 4.85. The molecule has 1 aliphatic rings. The molecule has 23 heavy (non-hydrogen) atoms. The Bertz CT molecular complexity index is 687. The van der Waals surface area contributed by atoms with Gasteiger partial charge in [-0.1, -0.05) is 37.5 Å². The number of carbonyl (C=O) groups is 1. The standard InChI is InChI=1S/C16H19N3O3S/c1-2-3-4-5-6-14(20)17-16-19-18-15(23-16)11-7-8-12-13(9-11)22-10-21-12/h7-9H,2-6,10H2,1H3,(H,17,19,20). The summed E-state index contributed by atoms with van der Waals surface area (Å²) in [4.78, 5) is 11.9. The van der Waals surface area contributed by atoms with E-state index in [-0.39, 0.29) is 12.7 Å². The summed E-state index contributed by atoms with van der Waals surface area (Å²) in [7, 11) is 0. The number of anilines is 1. The molecule has 3 rings (SSSR count). The molecule has 0 fully saturated rings. The minimum atomic E-state index is -0.00510. The van der Waals surface area contributed by atoms with Crippen LogP contribution in [0.1, 0.15) is 39.0 Å². The highest BCUT2D eigenvalue weighted by Gasteiger charge is 2.16. The first-order valence-electron chi connectivity index (χ1n) is 7.79. The quantitative estimate of drug-likeness (QED) is 0.779. The van der Waals surface area contributed by atoms with E-state index in [1.54, 1.807) is 0 Å². The largest absolute Gasteiger partial charge is 0.454 e. The highest BCUT2D eigenvalue weighted by molar-refractivity contribution is 7.18. The van der Waals surface area contributed by atoms with Crippen molar-refractivity contribution >= 4 is 22.4 Å². The van der Waals surface area contributed by atoms with Gasteiger partial charge in [0.15, 0.2) is 11.5 Å². The maximum absolute atomic E-state index is 11.9. The van der Waals surface area contributed by atoms with Gasteiger partial charge in [-0.2, -0.15) is 0 Å². The van der Waals surface area contributed by atoms with Crippen molar-refractivity contribution in [2.75, 3.05) is 12.1 Å². The molecule has 1 aliphatic heterocycles. The van der Waals surface area contributed by atoms with Crippen molar-refractivity contribution in [1.29, 1.82) is 0 Å². The second-order valence-electron chi connectivity index (χ2n) is 5.34. The summed E-state index contributed by atoms with van der Waals surface area (Å²) in [5.74, 6) is 1.44. The van der Waals surface area contributed by atoms with Gasteiger partial charge in [0.2, 0.25) is 17.8 Å². The number of unbranched alkanes of at least 4 members (excludes halogenated alkanes) is 3. The van der Waals surface area contributed by atoms with Crippen LogP contribution in [0.3, 0.4) is 0 Å². The molecule has 0 saturated carbocycles. The Balaban J connectivity index is 1.58. The van der Waals surface area contributed by atoms with E-state index in [4.69, 9.17) is 9.47 Å². The second kappa shape index (κ2) is 7.41. The van der Waals surface area contributed by atoms with Crippen molar-refractivity contribution in [2.24, 2.45) is 0 Å². The van der Waals surface area contributed by atoms with Crippen LogP contribution in [0.25, 0.3) is 10.6 Å². The minimum absolute atomic E-state index is 0.00510. The molecule has 0 saturated heterocycles. The highest BCUT2D eigenvalue weighted by Crippen LogP contribution is 2.37. The number of amides is 1. The van der Waals surface area contributed by atoms with Crippen LogP contribution in [-0.4, -0.2) is 22.9 Å². The molecule has 2 heterocycles. The molecule has 1 N–H and O–H groups in total. The molecule has 0 spiro atoms. The van der Waals surface area contributed by atoms with Gasteiger partial charge in [0, 0.05) is 12.0 Å². The maximum atomic E-state index is 11.9. The number of ether oxygens (including phenoxy) is 2. The molecule has 0 bridgehead atoms. The molecule has 2 aromatic rings. The fourth-order valence-electron chi connectivity index (χ4n) is 2.31. The third-order valence-corrected chi connectivity index (χ3v) is 4.44. The van der Waals surface area contributed by atoms with Crippen molar-refractivity contribution in [3.8, 4) is 22.1 Å². The zero-order chi connectivity index (χ0) is 16.1. The predicted molar refractivity (Wildman–Crippen MR) is 88.9 cm³/mol. The highest BCUT2D eigenvalue weighted by atomic mass is 32.1. The summed E-state index contributed by atoms with van der Waals surface area (Å²) in [6, 6.07) is 5.63. The van der Waals surface area contributed by atoms with Crippen LogP contribution in [-0.2, 0) is 4.79 Å². The number of benzene rings is 1. The Kier molecular flexibility index (Phi) is 5.07. The monoisotopic (exact) mass is 333 g/mol. The van der Waals surface area contributed by atoms with E-state index in [1.807, 2.05) is 18.2 Å². The molecule has 0 unspecified atom stereocenters. The van der Waals surface area contributed by atoms with Crippen LogP contribution < -0.4 is 14.8 Å². The topological polar surface area (TPSA) is 73.3 Å². The molecule has 0 atom stereocenters.